The maximum absolute atomic E-state index is 13.9. The third-order valence-corrected chi connectivity index (χ3v) is 5.73. The molecule has 0 aliphatic carbocycles. The van der Waals surface area contributed by atoms with E-state index in [9.17, 15) is 14.0 Å². The van der Waals surface area contributed by atoms with Gasteiger partial charge in [-0.05, 0) is 41.3 Å². The van der Waals surface area contributed by atoms with Gasteiger partial charge in [0, 0.05) is 17.0 Å². The molecule has 184 valence electrons. The first kappa shape index (κ1) is 24.9. The normalized spacial score (nSPS) is 10.8. The van der Waals surface area contributed by atoms with Crippen LogP contribution >= 0.6 is 11.6 Å². The number of aromatic nitrogens is 1. The van der Waals surface area contributed by atoms with Crippen molar-refractivity contribution in [3.05, 3.63) is 94.4 Å². The van der Waals surface area contributed by atoms with Gasteiger partial charge in [0.1, 0.15) is 17.2 Å². The van der Waals surface area contributed by atoms with Crippen LogP contribution in [-0.4, -0.2) is 28.9 Å². The fourth-order valence-electron chi connectivity index (χ4n) is 3.63. The van der Waals surface area contributed by atoms with E-state index < -0.39 is 17.9 Å². The maximum atomic E-state index is 13.9. The molecular formula is C27H22ClFN2O5. The van der Waals surface area contributed by atoms with E-state index in [1.165, 1.54) is 6.07 Å². The number of rotatable bonds is 8. The topological polar surface area (TPSA) is 102 Å². The number of halogens is 2. The molecule has 9 heteroatoms. The molecule has 0 spiro atoms. The highest BCUT2D eigenvalue weighted by Crippen LogP contribution is 2.32. The van der Waals surface area contributed by atoms with Crippen LogP contribution < -0.4 is 5.32 Å². The average molecular weight is 509 g/mol. The molecule has 0 atom stereocenters. The van der Waals surface area contributed by atoms with Crippen LogP contribution in [0.5, 0.6) is 0 Å². The lowest BCUT2D eigenvalue weighted by Gasteiger charge is -2.09. The van der Waals surface area contributed by atoms with Crippen molar-refractivity contribution >= 4 is 29.4 Å². The summed E-state index contributed by atoms with van der Waals surface area (Å²) in [6.45, 7) is 1.67. The molecule has 1 amide bonds. The van der Waals surface area contributed by atoms with E-state index in [1.54, 1.807) is 31.2 Å². The smallest absolute Gasteiger partial charge is 0.411 e. The number of carbonyl (C=O) groups is 2. The number of hydrogen-bond acceptors (Lipinski definition) is 5. The van der Waals surface area contributed by atoms with Crippen molar-refractivity contribution in [1.82, 2.24) is 5.16 Å². The number of aliphatic carboxylic acids is 1. The van der Waals surface area contributed by atoms with Gasteiger partial charge in [0.15, 0.2) is 5.76 Å². The Balaban J connectivity index is 1.40. The molecule has 0 fully saturated rings. The van der Waals surface area contributed by atoms with Crippen LogP contribution in [0, 0.1) is 12.7 Å². The van der Waals surface area contributed by atoms with Crippen LogP contribution in [0.1, 0.15) is 16.8 Å². The summed E-state index contributed by atoms with van der Waals surface area (Å²) < 4.78 is 24.5. The molecule has 1 heterocycles. The number of carbonyl (C=O) groups excluding carboxylic acids is 1. The first-order chi connectivity index (χ1) is 17.3. The molecule has 0 saturated carbocycles. The van der Waals surface area contributed by atoms with Gasteiger partial charge < -0.3 is 14.4 Å². The Morgan fingerprint density at radius 2 is 1.67 bits per heavy atom. The zero-order valence-corrected chi connectivity index (χ0v) is 20.0. The molecule has 0 aliphatic heterocycles. The van der Waals surface area contributed by atoms with E-state index in [0.717, 1.165) is 16.7 Å². The maximum Gasteiger partial charge on any atom is 0.411 e. The highest BCUT2D eigenvalue weighted by atomic mass is 35.5. The Bertz CT molecular complexity index is 1380. The van der Waals surface area contributed by atoms with E-state index in [-0.39, 0.29) is 19.4 Å². The molecular weight excluding hydrogens is 487 g/mol. The number of amides is 1. The highest BCUT2D eigenvalue weighted by molar-refractivity contribution is 6.30. The predicted molar refractivity (Wildman–Crippen MR) is 134 cm³/mol. The van der Waals surface area contributed by atoms with Crippen molar-refractivity contribution in [3.8, 4) is 22.5 Å². The van der Waals surface area contributed by atoms with E-state index in [2.05, 4.69) is 10.5 Å². The number of ether oxygens (including phenoxy) is 1. The summed E-state index contributed by atoms with van der Waals surface area (Å²) in [5.74, 6) is -0.960. The number of nitrogens with one attached hydrogen (secondary N) is 1. The number of aryl methyl sites for hydroxylation is 1. The van der Waals surface area contributed by atoms with Gasteiger partial charge >= 0.3 is 12.1 Å². The van der Waals surface area contributed by atoms with Crippen molar-refractivity contribution in [2.24, 2.45) is 0 Å². The standard InChI is InChI=1S/C27H22ClFN2O5/c1-16-25(30-27(34)35-13-12-20-10-11-22(28)15-23(20)29)26(36-31-16)21-8-6-19(7-9-21)18-4-2-17(3-5-18)14-24(32)33/h2-11,15H,12-14H2,1H3,(H,30,34)(H,32,33). The first-order valence-corrected chi connectivity index (χ1v) is 11.4. The van der Waals surface area contributed by atoms with Crippen LogP contribution in [0.2, 0.25) is 5.02 Å². The summed E-state index contributed by atoms with van der Waals surface area (Å²) in [5, 5.41) is 15.8. The van der Waals surface area contributed by atoms with Gasteiger partial charge in [0.2, 0.25) is 0 Å². The second-order valence-corrected chi connectivity index (χ2v) is 8.50. The third kappa shape index (κ3) is 6.09. The first-order valence-electron chi connectivity index (χ1n) is 11.1. The second kappa shape index (κ2) is 11.0. The van der Waals surface area contributed by atoms with Gasteiger partial charge in [-0.15, -0.1) is 0 Å². The minimum Gasteiger partial charge on any atom is -0.481 e. The van der Waals surface area contributed by atoms with E-state index >= 15 is 0 Å². The van der Waals surface area contributed by atoms with E-state index in [1.807, 2.05) is 36.4 Å². The Labute approximate surface area is 211 Å². The van der Waals surface area contributed by atoms with Gasteiger partial charge in [0.25, 0.3) is 0 Å². The summed E-state index contributed by atoms with van der Waals surface area (Å²) in [6, 6.07) is 19.1. The summed E-state index contributed by atoms with van der Waals surface area (Å²) in [5.41, 5.74) is 4.53. The molecule has 1 aromatic heterocycles. The highest BCUT2D eigenvalue weighted by Gasteiger charge is 2.18. The van der Waals surface area contributed by atoms with Crippen LogP contribution in [-0.2, 0) is 22.4 Å². The summed E-state index contributed by atoms with van der Waals surface area (Å²) >= 11 is 5.75. The number of carboxylic acid groups (broad SMARTS) is 1. The lowest BCUT2D eigenvalue weighted by atomic mass is 10.0. The Morgan fingerprint density at radius 3 is 2.31 bits per heavy atom. The lowest BCUT2D eigenvalue weighted by molar-refractivity contribution is -0.136. The van der Waals surface area contributed by atoms with Crippen LogP contribution in [0.3, 0.4) is 0 Å². The van der Waals surface area contributed by atoms with Crippen LogP contribution in [0.4, 0.5) is 14.9 Å². The van der Waals surface area contributed by atoms with Crippen molar-refractivity contribution in [2.45, 2.75) is 19.8 Å². The summed E-state index contributed by atoms with van der Waals surface area (Å²) in [6.07, 6.45) is -0.541. The molecule has 0 bridgehead atoms. The van der Waals surface area contributed by atoms with Crippen molar-refractivity contribution < 1.29 is 28.3 Å². The number of carboxylic acids is 1. The number of hydrogen-bond donors (Lipinski definition) is 2. The fourth-order valence-corrected chi connectivity index (χ4v) is 3.79. The number of anilines is 1. The van der Waals surface area contributed by atoms with Gasteiger partial charge in [-0.25, -0.2) is 9.18 Å². The van der Waals surface area contributed by atoms with Crippen molar-refractivity contribution in [1.29, 1.82) is 0 Å². The Morgan fingerprint density at radius 1 is 1.03 bits per heavy atom. The summed E-state index contributed by atoms with van der Waals surface area (Å²) in [4.78, 5) is 23.2. The van der Waals surface area contributed by atoms with Crippen molar-refractivity contribution in [2.75, 3.05) is 11.9 Å². The largest absolute Gasteiger partial charge is 0.481 e. The minimum absolute atomic E-state index is 0.0238. The molecule has 0 aliphatic rings. The Kier molecular flexibility index (Phi) is 7.65. The monoisotopic (exact) mass is 508 g/mol. The van der Waals surface area contributed by atoms with Crippen LogP contribution in [0.15, 0.2) is 71.3 Å². The van der Waals surface area contributed by atoms with E-state index in [4.69, 9.17) is 26.0 Å². The molecule has 0 saturated heterocycles. The second-order valence-electron chi connectivity index (χ2n) is 8.06. The Hall–Kier alpha value is -4.17. The SMILES string of the molecule is Cc1noc(-c2ccc(-c3ccc(CC(=O)O)cc3)cc2)c1NC(=O)OCCc1ccc(Cl)cc1F. The molecule has 0 unspecified atom stereocenters. The van der Waals surface area contributed by atoms with Crippen LogP contribution in [0.25, 0.3) is 22.5 Å². The number of benzene rings is 3. The zero-order valence-electron chi connectivity index (χ0n) is 19.3. The quantitative estimate of drug-likeness (QED) is 0.280. The fraction of sp³-hybridized carbons (Fsp3) is 0.148. The molecule has 0 radical (unpaired) electrons. The lowest BCUT2D eigenvalue weighted by Crippen LogP contribution is -2.16. The number of nitrogens with zero attached hydrogens (tertiary/aromatic N) is 1. The summed E-state index contributed by atoms with van der Waals surface area (Å²) in [7, 11) is 0. The molecule has 36 heavy (non-hydrogen) atoms. The van der Waals surface area contributed by atoms with Gasteiger partial charge in [-0.3, -0.25) is 10.1 Å². The zero-order chi connectivity index (χ0) is 25.7. The van der Waals surface area contributed by atoms with Crippen molar-refractivity contribution in [3.63, 3.8) is 0 Å². The van der Waals surface area contributed by atoms with Gasteiger partial charge in [0.05, 0.1) is 13.0 Å². The van der Waals surface area contributed by atoms with Gasteiger partial charge in [-0.2, -0.15) is 0 Å². The minimum atomic E-state index is -0.877. The average Bonchev–Trinajstić information content (AvgIpc) is 3.20. The predicted octanol–water partition coefficient (Wildman–Crippen LogP) is 6.53. The molecule has 3 aromatic carbocycles. The molecule has 7 nitrogen and oxygen atoms in total. The molecule has 2 N–H and O–H groups in total. The van der Waals surface area contributed by atoms with Gasteiger partial charge in [-0.1, -0.05) is 71.4 Å². The van der Waals surface area contributed by atoms with E-state index in [0.29, 0.717) is 33.3 Å². The molecule has 4 rings (SSSR count). The third-order valence-electron chi connectivity index (χ3n) is 5.50. The molecule has 4 aromatic rings.